The van der Waals surface area contributed by atoms with Gasteiger partial charge in [0, 0.05) is 10.6 Å². The van der Waals surface area contributed by atoms with E-state index in [4.69, 9.17) is 9.15 Å². The van der Waals surface area contributed by atoms with Crippen LogP contribution >= 0.6 is 11.8 Å². The molecular weight excluding hydrogens is 348 g/mol. The van der Waals surface area contributed by atoms with Crippen molar-refractivity contribution < 1.29 is 13.9 Å². The van der Waals surface area contributed by atoms with Gasteiger partial charge in [0.05, 0.1) is 30.3 Å². The molecule has 2 aromatic rings. The maximum atomic E-state index is 12.2. The van der Waals surface area contributed by atoms with Crippen molar-refractivity contribution >= 4 is 23.5 Å². The number of benzene rings is 1. The van der Waals surface area contributed by atoms with Crippen LogP contribution in [0.25, 0.3) is 0 Å². The van der Waals surface area contributed by atoms with Crippen molar-refractivity contribution in [2.24, 2.45) is 0 Å². The second-order valence-electron chi connectivity index (χ2n) is 7.09. The number of hydrogen-bond donors (Lipinski definition) is 2. The van der Waals surface area contributed by atoms with E-state index >= 15 is 0 Å². The Kier molecular flexibility index (Phi) is 5.22. The van der Waals surface area contributed by atoms with E-state index in [1.807, 2.05) is 36.4 Å². The number of carbonyl (C=O) groups excluding carboxylic acids is 1. The monoisotopic (exact) mass is 372 g/mol. The van der Waals surface area contributed by atoms with Crippen molar-refractivity contribution in [3.05, 3.63) is 48.4 Å². The number of rotatable bonds is 5. The Hall–Kier alpha value is -1.92. The summed E-state index contributed by atoms with van der Waals surface area (Å²) >= 11 is 1.70. The first-order valence-electron chi connectivity index (χ1n) is 9.18. The second-order valence-corrected chi connectivity index (χ2v) is 8.14. The second kappa shape index (κ2) is 7.76. The van der Waals surface area contributed by atoms with E-state index in [0.29, 0.717) is 6.61 Å². The number of anilines is 1. The van der Waals surface area contributed by atoms with Crippen LogP contribution in [0, 0.1) is 0 Å². The molecule has 1 atom stereocenters. The third-order valence-electron chi connectivity index (χ3n) is 5.13. The zero-order valence-corrected chi connectivity index (χ0v) is 15.5. The highest BCUT2D eigenvalue weighted by Gasteiger charge is 2.42. The summed E-state index contributed by atoms with van der Waals surface area (Å²) in [5.74, 6) is 1.75. The quantitative estimate of drug-likeness (QED) is 0.741. The molecule has 0 unspecified atom stereocenters. The fourth-order valence-electron chi connectivity index (χ4n) is 3.84. The van der Waals surface area contributed by atoms with Crippen LogP contribution in [0.2, 0.25) is 0 Å². The van der Waals surface area contributed by atoms with E-state index in [9.17, 15) is 4.79 Å². The Labute approximate surface area is 157 Å². The van der Waals surface area contributed by atoms with Crippen LogP contribution in [0.1, 0.15) is 37.9 Å². The van der Waals surface area contributed by atoms with Gasteiger partial charge in [-0.3, -0.25) is 0 Å². The molecule has 0 bridgehead atoms. The molecule has 2 aliphatic rings. The number of carbonyl (C=O) groups is 1. The lowest BCUT2D eigenvalue weighted by molar-refractivity contribution is 0.00998. The van der Waals surface area contributed by atoms with E-state index in [2.05, 4.69) is 10.6 Å². The van der Waals surface area contributed by atoms with E-state index in [1.165, 1.54) is 12.8 Å². The van der Waals surface area contributed by atoms with Gasteiger partial charge in [0.25, 0.3) is 0 Å². The lowest BCUT2D eigenvalue weighted by atomic mass is 9.96. The maximum Gasteiger partial charge on any atom is 0.319 e. The van der Waals surface area contributed by atoms with Gasteiger partial charge in [-0.05, 0) is 55.7 Å². The van der Waals surface area contributed by atoms with Gasteiger partial charge in [-0.15, -0.1) is 11.8 Å². The molecule has 5 nitrogen and oxygen atoms in total. The van der Waals surface area contributed by atoms with Crippen molar-refractivity contribution in [1.29, 1.82) is 0 Å². The van der Waals surface area contributed by atoms with Crippen LogP contribution in [0.5, 0.6) is 0 Å². The zero-order valence-electron chi connectivity index (χ0n) is 14.7. The molecule has 2 fully saturated rings. The Morgan fingerprint density at radius 1 is 1.19 bits per heavy atom. The highest BCUT2D eigenvalue weighted by Crippen LogP contribution is 2.40. The molecule has 2 heterocycles. The lowest BCUT2D eigenvalue weighted by Crippen LogP contribution is -2.39. The predicted molar refractivity (Wildman–Crippen MR) is 102 cm³/mol. The maximum absolute atomic E-state index is 12.2. The average molecular weight is 372 g/mol. The molecular formula is C20H24N2O3S. The Balaban J connectivity index is 1.24. The molecule has 0 radical (unpaired) electrons. The molecule has 2 amide bonds. The molecule has 6 heteroatoms. The summed E-state index contributed by atoms with van der Waals surface area (Å²) < 4.78 is 11.3. The largest absolute Gasteiger partial charge is 0.468 e. The van der Waals surface area contributed by atoms with Gasteiger partial charge in [-0.2, -0.15) is 0 Å². The van der Waals surface area contributed by atoms with Gasteiger partial charge >= 0.3 is 6.03 Å². The van der Waals surface area contributed by atoms with Gasteiger partial charge in [0.1, 0.15) is 5.76 Å². The standard InChI is InChI=1S/C20H24N2O3S/c23-19(22-16-12-20(25-13-16)9-1-2-10-20)21-15-5-7-18(8-6-15)26-14-17-4-3-11-24-17/h3-8,11,16H,1-2,9-10,12-14H2,(H2,21,22,23)/t16-/m0/s1. The van der Waals surface area contributed by atoms with Crippen LogP contribution in [0.4, 0.5) is 10.5 Å². The van der Waals surface area contributed by atoms with Crippen LogP contribution < -0.4 is 10.6 Å². The van der Waals surface area contributed by atoms with E-state index < -0.39 is 0 Å². The molecule has 1 aromatic carbocycles. The first kappa shape index (κ1) is 17.5. The zero-order chi connectivity index (χ0) is 17.8. The van der Waals surface area contributed by atoms with Crippen molar-refractivity contribution in [3.63, 3.8) is 0 Å². The van der Waals surface area contributed by atoms with Crippen molar-refractivity contribution in [2.45, 2.75) is 54.4 Å². The first-order chi connectivity index (χ1) is 12.7. The molecule has 1 saturated carbocycles. The molecule has 138 valence electrons. The third kappa shape index (κ3) is 4.24. The topological polar surface area (TPSA) is 63.5 Å². The molecule has 1 aromatic heterocycles. The highest BCUT2D eigenvalue weighted by atomic mass is 32.2. The minimum absolute atomic E-state index is 0.0325. The van der Waals surface area contributed by atoms with Crippen molar-refractivity contribution in [3.8, 4) is 0 Å². The fourth-order valence-corrected chi connectivity index (χ4v) is 4.64. The van der Waals surface area contributed by atoms with E-state index in [0.717, 1.165) is 41.4 Å². The lowest BCUT2D eigenvalue weighted by Gasteiger charge is -2.21. The number of ether oxygens (including phenoxy) is 1. The van der Waals surface area contributed by atoms with Crippen LogP contribution in [0.3, 0.4) is 0 Å². The molecule has 4 rings (SSSR count). The molecule has 1 aliphatic carbocycles. The number of hydrogen-bond acceptors (Lipinski definition) is 4. The number of urea groups is 1. The van der Waals surface area contributed by atoms with Crippen LogP contribution in [0.15, 0.2) is 52.0 Å². The summed E-state index contributed by atoms with van der Waals surface area (Å²) in [5.41, 5.74) is 0.824. The Morgan fingerprint density at radius 2 is 2.00 bits per heavy atom. The minimum Gasteiger partial charge on any atom is -0.468 e. The van der Waals surface area contributed by atoms with Gasteiger partial charge in [0.15, 0.2) is 0 Å². The van der Waals surface area contributed by atoms with Gasteiger partial charge in [0.2, 0.25) is 0 Å². The molecule has 1 spiro atoms. The summed E-state index contributed by atoms with van der Waals surface area (Å²) in [6.45, 7) is 0.621. The smallest absolute Gasteiger partial charge is 0.319 e. The summed E-state index contributed by atoms with van der Waals surface area (Å²) in [5, 5.41) is 5.96. The normalized spacial score (nSPS) is 21.2. The van der Waals surface area contributed by atoms with Crippen molar-refractivity contribution in [2.75, 3.05) is 11.9 Å². The SMILES string of the molecule is O=C(Nc1ccc(SCc2ccco2)cc1)N[C@@H]1COC2(CCCC2)C1. The predicted octanol–water partition coefficient (Wildman–Crippen LogP) is 4.80. The number of furan rings is 1. The van der Waals surface area contributed by atoms with E-state index in [-0.39, 0.29) is 17.7 Å². The number of nitrogens with one attached hydrogen (secondary N) is 2. The Morgan fingerprint density at radius 3 is 2.73 bits per heavy atom. The average Bonchev–Trinajstić information content (AvgIpc) is 3.39. The summed E-state index contributed by atoms with van der Waals surface area (Å²) in [6, 6.07) is 11.7. The van der Waals surface area contributed by atoms with E-state index in [1.54, 1.807) is 18.0 Å². The first-order valence-corrected chi connectivity index (χ1v) is 10.2. The number of amides is 2. The molecule has 1 aliphatic heterocycles. The van der Waals surface area contributed by atoms with Crippen LogP contribution in [-0.4, -0.2) is 24.3 Å². The molecule has 1 saturated heterocycles. The third-order valence-corrected chi connectivity index (χ3v) is 6.17. The summed E-state index contributed by atoms with van der Waals surface area (Å²) in [6.07, 6.45) is 7.36. The Bertz CT molecular complexity index is 724. The molecule has 26 heavy (non-hydrogen) atoms. The summed E-state index contributed by atoms with van der Waals surface area (Å²) in [7, 11) is 0. The van der Waals surface area contributed by atoms with Crippen molar-refractivity contribution in [1.82, 2.24) is 5.32 Å². The van der Waals surface area contributed by atoms with Gasteiger partial charge in [-0.25, -0.2) is 4.79 Å². The highest BCUT2D eigenvalue weighted by molar-refractivity contribution is 7.98. The fraction of sp³-hybridized carbons (Fsp3) is 0.450. The summed E-state index contributed by atoms with van der Waals surface area (Å²) in [4.78, 5) is 13.4. The van der Waals surface area contributed by atoms with Gasteiger partial charge in [-0.1, -0.05) is 12.8 Å². The molecule has 2 N–H and O–H groups in total. The minimum atomic E-state index is -0.162. The van der Waals surface area contributed by atoms with Crippen LogP contribution in [-0.2, 0) is 10.5 Å². The van der Waals surface area contributed by atoms with Gasteiger partial charge < -0.3 is 19.8 Å². The number of thioether (sulfide) groups is 1.